The first-order chi connectivity index (χ1) is 15.7. The second-order valence-corrected chi connectivity index (χ2v) is 9.66. The Morgan fingerprint density at radius 2 is 1.79 bits per heavy atom. The number of fused-ring (bicyclic) bond motifs is 1. The molecular weight excluding hydrogens is 444 g/mol. The molecule has 0 saturated heterocycles. The number of para-hydroxylation sites is 1. The second kappa shape index (κ2) is 9.16. The van der Waals surface area contributed by atoms with Gasteiger partial charge in [0.15, 0.2) is 11.5 Å². The van der Waals surface area contributed by atoms with Gasteiger partial charge in [0.05, 0.1) is 12.6 Å². The van der Waals surface area contributed by atoms with Crippen molar-refractivity contribution < 1.29 is 33.4 Å². The van der Waals surface area contributed by atoms with E-state index in [1.54, 1.807) is 59.7 Å². The van der Waals surface area contributed by atoms with Gasteiger partial charge in [0.1, 0.15) is 22.8 Å². The van der Waals surface area contributed by atoms with Crippen LogP contribution in [0.2, 0.25) is 0 Å². The molecular formula is C23H28N4O7. The van der Waals surface area contributed by atoms with Gasteiger partial charge in [0, 0.05) is 17.3 Å². The summed E-state index contributed by atoms with van der Waals surface area (Å²) in [6, 6.07) is 3.90. The van der Waals surface area contributed by atoms with Crippen LogP contribution in [0.3, 0.4) is 0 Å². The zero-order chi connectivity index (χ0) is 25.3. The van der Waals surface area contributed by atoms with E-state index in [4.69, 9.17) is 13.9 Å². The number of nitrogens with zero attached hydrogens (tertiary/aromatic N) is 3. The minimum absolute atomic E-state index is 0.116. The van der Waals surface area contributed by atoms with Crippen molar-refractivity contribution in [3.05, 3.63) is 36.5 Å². The Morgan fingerprint density at radius 1 is 1.12 bits per heavy atom. The number of rotatable bonds is 5. The summed E-state index contributed by atoms with van der Waals surface area (Å²) in [5.41, 5.74) is 0.663. The van der Waals surface area contributed by atoms with Gasteiger partial charge in [0.25, 0.3) is 0 Å². The van der Waals surface area contributed by atoms with Crippen molar-refractivity contribution in [1.82, 2.24) is 20.1 Å². The van der Waals surface area contributed by atoms with Crippen LogP contribution in [0.15, 0.2) is 35.0 Å². The maximum absolute atomic E-state index is 12.3. The molecule has 0 bridgehead atoms. The molecule has 0 fully saturated rings. The number of carboxylic acid groups (broad SMARTS) is 1. The van der Waals surface area contributed by atoms with Crippen molar-refractivity contribution in [3.63, 3.8) is 0 Å². The average molecular weight is 472 g/mol. The van der Waals surface area contributed by atoms with Gasteiger partial charge < -0.3 is 24.3 Å². The lowest BCUT2D eigenvalue weighted by atomic mass is 10.1. The van der Waals surface area contributed by atoms with Crippen molar-refractivity contribution >= 4 is 29.3 Å². The van der Waals surface area contributed by atoms with Gasteiger partial charge in [-0.2, -0.15) is 9.78 Å². The van der Waals surface area contributed by atoms with Crippen LogP contribution in [0, 0.1) is 0 Å². The minimum atomic E-state index is -1.30. The Kier molecular flexibility index (Phi) is 6.67. The molecule has 3 rings (SSSR count). The molecule has 11 heteroatoms. The monoisotopic (exact) mass is 472 g/mol. The quantitative estimate of drug-likeness (QED) is 0.562. The fourth-order valence-electron chi connectivity index (χ4n) is 3.01. The zero-order valence-corrected chi connectivity index (χ0v) is 19.9. The number of hydrogen-bond acceptors (Lipinski definition) is 8. The van der Waals surface area contributed by atoms with Crippen molar-refractivity contribution in [2.24, 2.45) is 0 Å². The van der Waals surface area contributed by atoms with Crippen LogP contribution in [-0.4, -0.2) is 55.3 Å². The highest BCUT2D eigenvalue weighted by Gasteiger charge is 2.27. The number of nitrogens with one attached hydrogen (secondary N) is 1. The third-order valence-electron chi connectivity index (χ3n) is 4.31. The minimum Gasteiger partial charge on any atom is -0.480 e. The molecule has 1 aromatic carbocycles. The molecule has 0 aliphatic heterocycles. The van der Waals surface area contributed by atoms with Crippen LogP contribution in [0.25, 0.3) is 22.2 Å². The second-order valence-electron chi connectivity index (χ2n) is 9.66. The van der Waals surface area contributed by atoms with Gasteiger partial charge in [-0.1, -0.05) is 12.1 Å². The van der Waals surface area contributed by atoms with Gasteiger partial charge in [0.2, 0.25) is 0 Å². The molecule has 11 nitrogen and oxygen atoms in total. The van der Waals surface area contributed by atoms with Crippen molar-refractivity contribution in [3.8, 4) is 11.1 Å². The summed E-state index contributed by atoms with van der Waals surface area (Å²) >= 11 is 0. The molecule has 0 aliphatic carbocycles. The lowest BCUT2D eigenvalue weighted by Gasteiger charge is -2.21. The molecule has 0 radical (unpaired) electrons. The summed E-state index contributed by atoms with van der Waals surface area (Å²) in [6.45, 7) is 10.3. The number of carboxylic acids is 1. The fraction of sp³-hybridized carbons (Fsp3) is 0.435. The van der Waals surface area contributed by atoms with Gasteiger partial charge in [-0.25, -0.2) is 19.4 Å². The van der Waals surface area contributed by atoms with E-state index in [1.165, 1.54) is 12.4 Å². The van der Waals surface area contributed by atoms with Crippen molar-refractivity contribution in [2.45, 2.75) is 65.2 Å². The van der Waals surface area contributed by atoms with Gasteiger partial charge >= 0.3 is 18.2 Å². The van der Waals surface area contributed by atoms with E-state index in [2.05, 4.69) is 15.4 Å². The SMILES string of the molecule is CC(C)(C)OC(=O)NC(Cc1nc2c(-c3cnn(C(=O)OC(C)(C)C)c3)cccc2o1)C(=O)O. The number of aromatic nitrogens is 3. The molecule has 1 unspecified atom stereocenters. The molecule has 1 atom stereocenters. The lowest BCUT2D eigenvalue weighted by molar-refractivity contribution is -0.139. The summed E-state index contributed by atoms with van der Waals surface area (Å²) in [5, 5.41) is 15.9. The predicted molar refractivity (Wildman–Crippen MR) is 121 cm³/mol. The maximum Gasteiger partial charge on any atom is 0.435 e. The van der Waals surface area contributed by atoms with Crippen LogP contribution < -0.4 is 5.32 Å². The van der Waals surface area contributed by atoms with Crippen molar-refractivity contribution in [1.29, 1.82) is 0 Å². The topological polar surface area (TPSA) is 146 Å². The molecule has 2 heterocycles. The molecule has 2 aromatic heterocycles. The van der Waals surface area contributed by atoms with Crippen molar-refractivity contribution in [2.75, 3.05) is 0 Å². The van der Waals surface area contributed by atoms with Crippen LogP contribution in [0.5, 0.6) is 0 Å². The number of oxazole rings is 1. The van der Waals surface area contributed by atoms with Crippen LogP contribution in [0.4, 0.5) is 9.59 Å². The lowest BCUT2D eigenvalue weighted by Crippen LogP contribution is -2.44. The van der Waals surface area contributed by atoms with E-state index in [0.29, 0.717) is 22.2 Å². The Bertz CT molecular complexity index is 1210. The Morgan fingerprint density at radius 3 is 2.41 bits per heavy atom. The number of hydrogen-bond donors (Lipinski definition) is 2. The molecule has 1 amide bonds. The predicted octanol–water partition coefficient (Wildman–Crippen LogP) is 3.99. The molecule has 3 aromatic rings. The normalized spacial score (nSPS) is 12.9. The first kappa shape index (κ1) is 24.7. The molecule has 0 aliphatic rings. The summed E-state index contributed by atoms with van der Waals surface area (Å²) in [5.74, 6) is -1.14. The molecule has 0 saturated carbocycles. The van der Waals surface area contributed by atoms with E-state index in [0.717, 1.165) is 4.68 Å². The summed E-state index contributed by atoms with van der Waals surface area (Å²) in [4.78, 5) is 40.4. The maximum atomic E-state index is 12.3. The first-order valence-corrected chi connectivity index (χ1v) is 10.6. The smallest absolute Gasteiger partial charge is 0.435 e. The largest absolute Gasteiger partial charge is 0.480 e. The third kappa shape index (κ3) is 6.33. The molecule has 2 N–H and O–H groups in total. The Hall–Kier alpha value is -3.89. The third-order valence-corrected chi connectivity index (χ3v) is 4.31. The number of ether oxygens (including phenoxy) is 2. The number of carbonyl (C=O) groups excluding carboxylic acids is 2. The summed E-state index contributed by atoms with van der Waals surface area (Å²) in [6.07, 6.45) is 1.34. The van der Waals surface area contributed by atoms with E-state index < -0.39 is 35.4 Å². The Labute approximate surface area is 196 Å². The van der Waals surface area contributed by atoms with Crippen LogP contribution in [0.1, 0.15) is 47.4 Å². The first-order valence-electron chi connectivity index (χ1n) is 10.6. The number of alkyl carbamates (subject to hydrolysis) is 1. The van der Waals surface area contributed by atoms with E-state index in [1.807, 2.05) is 0 Å². The summed E-state index contributed by atoms with van der Waals surface area (Å²) < 4.78 is 17.3. The molecule has 182 valence electrons. The fourth-order valence-corrected chi connectivity index (χ4v) is 3.01. The van der Waals surface area contributed by atoms with E-state index >= 15 is 0 Å². The van der Waals surface area contributed by atoms with Crippen LogP contribution >= 0.6 is 0 Å². The molecule has 0 spiro atoms. The standard InChI is InChI=1S/C23H28N4O7/c1-22(2,3)33-20(30)25-15(19(28)29)10-17-26-18-14(8-7-9-16(18)32-17)13-11-24-27(12-13)21(31)34-23(4,5)6/h7-9,11-12,15H,10H2,1-6H3,(H,25,30)(H,28,29). The number of amides is 1. The van der Waals surface area contributed by atoms with E-state index in [-0.39, 0.29) is 12.3 Å². The zero-order valence-electron chi connectivity index (χ0n) is 19.9. The van der Waals surface area contributed by atoms with Gasteiger partial charge in [-0.05, 0) is 47.6 Å². The molecule has 34 heavy (non-hydrogen) atoms. The Balaban J connectivity index is 1.84. The number of carbonyl (C=O) groups is 3. The number of benzene rings is 1. The average Bonchev–Trinajstić information content (AvgIpc) is 3.31. The van der Waals surface area contributed by atoms with Crippen LogP contribution in [-0.2, 0) is 20.7 Å². The highest BCUT2D eigenvalue weighted by atomic mass is 16.6. The van der Waals surface area contributed by atoms with Gasteiger partial charge in [-0.15, -0.1) is 0 Å². The number of aliphatic carboxylic acids is 1. The van der Waals surface area contributed by atoms with Gasteiger partial charge in [-0.3, -0.25) is 0 Å². The van der Waals surface area contributed by atoms with E-state index in [9.17, 15) is 19.5 Å². The highest BCUT2D eigenvalue weighted by Crippen LogP contribution is 2.29. The highest BCUT2D eigenvalue weighted by molar-refractivity contribution is 5.91. The summed E-state index contributed by atoms with van der Waals surface area (Å²) in [7, 11) is 0.